The fourth-order valence-corrected chi connectivity index (χ4v) is 2.44. The number of piperidine rings is 1. The summed E-state index contributed by atoms with van der Waals surface area (Å²) in [5, 5.41) is 9.01. The molecule has 1 aliphatic rings. The van der Waals surface area contributed by atoms with Crippen molar-refractivity contribution in [2.24, 2.45) is 0 Å². The van der Waals surface area contributed by atoms with E-state index in [1.54, 1.807) is 29.2 Å². The topological polar surface area (TPSA) is 66.8 Å². The Morgan fingerprint density at radius 1 is 1.30 bits per heavy atom. The molecule has 1 heterocycles. The van der Waals surface area contributed by atoms with Crippen LogP contribution in [-0.4, -0.2) is 47.7 Å². The minimum Gasteiger partial charge on any atom is -0.480 e. The molecular formula is C14H16ClNO4. The summed E-state index contributed by atoms with van der Waals surface area (Å²) in [7, 11) is 0. The van der Waals surface area contributed by atoms with Crippen LogP contribution in [0.1, 0.15) is 23.2 Å². The minimum absolute atomic E-state index is 0.0905. The molecule has 20 heavy (non-hydrogen) atoms. The van der Waals surface area contributed by atoms with Crippen LogP contribution in [0.3, 0.4) is 0 Å². The third kappa shape index (κ3) is 3.71. The lowest BCUT2D eigenvalue weighted by Crippen LogP contribution is -2.41. The molecule has 1 fully saturated rings. The normalized spacial score (nSPS) is 16.1. The van der Waals surface area contributed by atoms with Crippen molar-refractivity contribution in [2.75, 3.05) is 19.7 Å². The Kier molecular flexibility index (Phi) is 4.98. The molecule has 108 valence electrons. The van der Waals surface area contributed by atoms with Crippen LogP contribution in [0.15, 0.2) is 24.3 Å². The third-order valence-electron chi connectivity index (χ3n) is 3.28. The highest BCUT2D eigenvalue weighted by molar-refractivity contribution is 6.33. The van der Waals surface area contributed by atoms with Crippen molar-refractivity contribution < 1.29 is 19.4 Å². The molecule has 0 spiro atoms. The van der Waals surface area contributed by atoms with Crippen molar-refractivity contribution in [3.63, 3.8) is 0 Å². The molecule has 0 atom stereocenters. The summed E-state index contributed by atoms with van der Waals surface area (Å²) in [4.78, 5) is 24.5. The molecule has 1 aromatic rings. The number of ether oxygens (including phenoxy) is 1. The van der Waals surface area contributed by atoms with E-state index in [1.807, 2.05) is 0 Å². The first kappa shape index (κ1) is 14.8. The molecule has 1 saturated heterocycles. The summed E-state index contributed by atoms with van der Waals surface area (Å²) in [5.41, 5.74) is 0.499. The Labute approximate surface area is 122 Å². The zero-order valence-electron chi connectivity index (χ0n) is 10.9. The average Bonchev–Trinajstić information content (AvgIpc) is 2.45. The highest BCUT2D eigenvalue weighted by Crippen LogP contribution is 2.20. The number of amides is 1. The summed E-state index contributed by atoms with van der Waals surface area (Å²) in [6.45, 7) is 0.811. The van der Waals surface area contributed by atoms with Crippen LogP contribution in [0.25, 0.3) is 0 Å². The van der Waals surface area contributed by atoms with Crippen LogP contribution in [-0.2, 0) is 9.53 Å². The van der Waals surface area contributed by atoms with Crippen LogP contribution in [0.2, 0.25) is 5.02 Å². The van der Waals surface area contributed by atoms with E-state index >= 15 is 0 Å². The fourth-order valence-electron chi connectivity index (χ4n) is 2.22. The lowest BCUT2D eigenvalue weighted by molar-refractivity contribution is -0.145. The number of carbonyl (C=O) groups excluding carboxylic acids is 1. The monoisotopic (exact) mass is 297 g/mol. The molecule has 1 aromatic carbocycles. The van der Waals surface area contributed by atoms with Gasteiger partial charge >= 0.3 is 5.97 Å². The lowest BCUT2D eigenvalue weighted by atomic mass is 10.1. The van der Waals surface area contributed by atoms with Crippen LogP contribution in [0.4, 0.5) is 0 Å². The smallest absolute Gasteiger partial charge is 0.329 e. The van der Waals surface area contributed by atoms with Crippen molar-refractivity contribution >= 4 is 23.5 Å². The maximum absolute atomic E-state index is 12.3. The van der Waals surface area contributed by atoms with Gasteiger partial charge in [-0.15, -0.1) is 0 Å². The van der Waals surface area contributed by atoms with Crippen molar-refractivity contribution in [2.45, 2.75) is 18.9 Å². The molecule has 6 heteroatoms. The predicted octanol–water partition coefficient (Wildman–Crippen LogP) is 2.05. The molecule has 1 aliphatic heterocycles. The molecule has 0 unspecified atom stereocenters. The zero-order valence-corrected chi connectivity index (χ0v) is 11.7. The maximum Gasteiger partial charge on any atom is 0.329 e. The first-order valence-corrected chi connectivity index (χ1v) is 6.83. The lowest BCUT2D eigenvalue weighted by Gasteiger charge is -2.31. The van der Waals surface area contributed by atoms with Gasteiger partial charge in [-0.2, -0.15) is 0 Å². The second kappa shape index (κ2) is 6.72. The predicted molar refractivity (Wildman–Crippen MR) is 74.0 cm³/mol. The number of hydrogen-bond donors (Lipinski definition) is 1. The Bertz CT molecular complexity index is 498. The second-order valence-corrected chi connectivity index (χ2v) is 5.08. The van der Waals surface area contributed by atoms with E-state index in [-0.39, 0.29) is 18.6 Å². The Morgan fingerprint density at radius 3 is 2.55 bits per heavy atom. The molecule has 1 N–H and O–H groups in total. The Hall–Kier alpha value is -1.59. The molecule has 1 amide bonds. The molecule has 0 aromatic heterocycles. The number of benzene rings is 1. The van der Waals surface area contributed by atoms with Gasteiger partial charge in [-0.3, -0.25) is 4.79 Å². The van der Waals surface area contributed by atoms with Gasteiger partial charge in [-0.1, -0.05) is 23.7 Å². The van der Waals surface area contributed by atoms with Crippen molar-refractivity contribution in [1.29, 1.82) is 0 Å². The minimum atomic E-state index is -0.973. The van der Waals surface area contributed by atoms with Crippen molar-refractivity contribution in [1.82, 2.24) is 4.90 Å². The quantitative estimate of drug-likeness (QED) is 0.923. The van der Waals surface area contributed by atoms with Crippen LogP contribution in [0, 0.1) is 0 Å². The van der Waals surface area contributed by atoms with E-state index in [2.05, 4.69) is 0 Å². The second-order valence-electron chi connectivity index (χ2n) is 4.68. The zero-order chi connectivity index (χ0) is 14.5. The molecular weight excluding hydrogens is 282 g/mol. The molecule has 5 nitrogen and oxygen atoms in total. The highest BCUT2D eigenvalue weighted by atomic mass is 35.5. The standard InChI is InChI=1S/C14H16ClNO4/c15-12-4-2-1-3-11(12)14(19)16-7-5-10(6-8-16)20-9-13(17)18/h1-4,10H,5-9H2,(H,17,18). The van der Waals surface area contributed by atoms with Gasteiger partial charge in [0.05, 0.1) is 16.7 Å². The SMILES string of the molecule is O=C(O)COC1CCN(C(=O)c2ccccc2Cl)CC1. The summed E-state index contributed by atoms with van der Waals surface area (Å²) in [5.74, 6) is -1.06. The Morgan fingerprint density at radius 2 is 1.95 bits per heavy atom. The van der Waals surface area contributed by atoms with E-state index in [4.69, 9.17) is 21.4 Å². The highest BCUT2D eigenvalue weighted by Gasteiger charge is 2.25. The third-order valence-corrected chi connectivity index (χ3v) is 3.61. The van der Waals surface area contributed by atoms with Gasteiger partial charge in [0.2, 0.25) is 0 Å². The number of likely N-dealkylation sites (tertiary alicyclic amines) is 1. The summed E-state index contributed by atoms with van der Waals surface area (Å²) >= 11 is 6.01. The van der Waals surface area contributed by atoms with Gasteiger partial charge in [0.15, 0.2) is 0 Å². The number of carbonyl (C=O) groups is 2. The number of hydrogen-bond acceptors (Lipinski definition) is 3. The van der Waals surface area contributed by atoms with Crippen molar-refractivity contribution in [3.8, 4) is 0 Å². The number of nitrogens with zero attached hydrogens (tertiary/aromatic N) is 1. The van der Waals surface area contributed by atoms with Crippen molar-refractivity contribution in [3.05, 3.63) is 34.9 Å². The number of carboxylic acids is 1. The number of halogens is 1. The van der Waals surface area contributed by atoms with E-state index in [0.717, 1.165) is 0 Å². The molecule has 0 saturated carbocycles. The number of aliphatic carboxylic acids is 1. The van der Waals surface area contributed by atoms with Gasteiger partial charge in [0.1, 0.15) is 6.61 Å². The van der Waals surface area contributed by atoms with Crippen LogP contribution in [0.5, 0.6) is 0 Å². The molecule has 0 bridgehead atoms. The first-order valence-electron chi connectivity index (χ1n) is 6.45. The van der Waals surface area contributed by atoms with Gasteiger partial charge in [0.25, 0.3) is 5.91 Å². The summed E-state index contributed by atoms with van der Waals surface area (Å²) < 4.78 is 5.24. The van der Waals surface area contributed by atoms with Crippen LogP contribution < -0.4 is 0 Å². The van der Waals surface area contributed by atoms with E-state index in [0.29, 0.717) is 36.5 Å². The summed E-state index contributed by atoms with van der Waals surface area (Å²) in [6.07, 6.45) is 1.19. The molecule has 2 rings (SSSR count). The fraction of sp³-hybridized carbons (Fsp3) is 0.429. The van der Waals surface area contributed by atoms with E-state index in [9.17, 15) is 9.59 Å². The van der Waals surface area contributed by atoms with Gasteiger partial charge < -0.3 is 14.7 Å². The van der Waals surface area contributed by atoms with Gasteiger partial charge in [0, 0.05) is 13.1 Å². The number of carboxylic acid groups (broad SMARTS) is 1. The van der Waals surface area contributed by atoms with Gasteiger partial charge in [-0.25, -0.2) is 4.79 Å². The number of rotatable bonds is 4. The molecule has 0 aliphatic carbocycles. The molecule has 0 radical (unpaired) electrons. The first-order chi connectivity index (χ1) is 9.58. The Balaban J connectivity index is 1.89. The summed E-state index contributed by atoms with van der Waals surface area (Å²) in [6, 6.07) is 6.96. The maximum atomic E-state index is 12.3. The largest absolute Gasteiger partial charge is 0.480 e. The van der Waals surface area contributed by atoms with E-state index < -0.39 is 5.97 Å². The van der Waals surface area contributed by atoms with Crippen LogP contribution >= 0.6 is 11.6 Å². The van der Waals surface area contributed by atoms with Gasteiger partial charge in [-0.05, 0) is 25.0 Å². The average molecular weight is 298 g/mol. The van der Waals surface area contributed by atoms with E-state index in [1.165, 1.54) is 0 Å².